The Morgan fingerprint density at radius 3 is 2.53 bits per heavy atom. The summed E-state index contributed by atoms with van der Waals surface area (Å²) in [6, 6.07) is 9.21. The van der Waals surface area contributed by atoms with Crippen LogP contribution in [-0.4, -0.2) is 18.2 Å². The van der Waals surface area contributed by atoms with Crippen molar-refractivity contribution in [1.82, 2.24) is 0 Å². The van der Waals surface area contributed by atoms with E-state index in [1.165, 1.54) is 6.92 Å². The lowest BCUT2D eigenvalue weighted by molar-refractivity contribution is -0.128. The molecule has 0 saturated carbocycles. The van der Waals surface area contributed by atoms with Gasteiger partial charge in [0.2, 0.25) is 0 Å². The lowest BCUT2D eigenvalue weighted by Gasteiger charge is -2.05. The minimum absolute atomic E-state index is 0.0729. The molecule has 0 unspecified atom stereocenters. The first-order chi connectivity index (χ1) is 7.18. The van der Waals surface area contributed by atoms with Crippen molar-refractivity contribution in [3.05, 3.63) is 30.3 Å². The molecule has 1 N–H and O–H groups in total. The first kappa shape index (κ1) is 11.4. The molecule has 15 heavy (non-hydrogen) atoms. The Morgan fingerprint density at radius 1 is 1.27 bits per heavy atom. The molecule has 0 atom stereocenters. The van der Waals surface area contributed by atoms with Crippen molar-refractivity contribution >= 4 is 17.3 Å². The standard InChI is InChI=1S/C11H13NO3/c1-9(13)7-11(14)8-15-12-10-5-3-2-4-6-10/h2-6,12H,7-8H2,1H3. The van der Waals surface area contributed by atoms with Gasteiger partial charge in [0, 0.05) is 0 Å². The number of anilines is 1. The van der Waals surface area contributed by atoms with Gasteiger partial charge in [0.1, 0.15) is 12.4 Å². The van der Waals surface area contributed by atoms with Crippen LogP contribution in [0.15, 0.2) is 30.3 Å². The lowest BCUT2D eigenvalue weighted by atomic mass is 10.2. The van der Waals surface area contributed by atoms with Crippen LogP contribution in [0, 0.1) is 0 Å². The third-order valence-corrected chi connectivity index (χ3v) is 1.64. The molecule has 0 radical (unpaired) electrons. The van der Waals surface area contributed by atoms with Crippen molar-refractivity contribution in [3.8, 4) is 0 Å². The van der Waals surface area contributed by atoms with Crippen LogP contribution in [0.25, 0.3) is 0 Å². The minimum Gasteiger partial charge on any atom is -0.300 e. The van der Waals surface area contributed by atoms with Crippen LogP contribution < -0.4 is 5.48 Å². The number of benzene rings is 1. The highest BCUT2D eigenvalue weighted by Crippen LogP contribution is 2.04. The molecule has 0 fully saturated rings. The first-order valence-electron chi connectivity index (χ1n) is 4.62. The van der Waals surface area contributed by atoms with E-state index < -0.39 is 0 Å². The molecule has 0 spiro atoms. The van der Waals surface area contributed by atoms with Gasteiger partial charge in [0.05, 0.1) is 12.1 Å². The summed E-state index contributed by atoms with van der Waals surface area (Å²) in [5, 5.41) is 0. The highest BCUT2D eigenvalue weighted by Gasteiger charge is 2.05. The van der Waals surface area contributed by atoms with E-state index in [4.69, 9.17) is 4.84 Å². The fraction of sp³-hybridized carbons (Fsp3) is 0.273. The summed E-state index contributed by atoms with van der Waals surface area (Å²) in [5.41, 5.74) is 3.39. The SMILES string of the molecule is CC(=O)CC(=O)CONc1ccccc1. The van der Waals surface area contributed by atoms with Crippen molar-refractivity contribution in [3.63, 3.8) is 0 Å². The number of hydrogen-bond acceptors (Lipinski definition) is 4. The zero-order chi connectivity index (χ0) is 11.1. The summed E-state index contributed by atoms with van der Waals surface area (Å²) in [6.45, 7) is 1.27. The van der Waals surface area contributed by atoms with E-state index in [1.807, 2.05) is 30.3 Å². The molecule has 0 aromatic heterocycles. The number of nitrogens with one attached hydrogen (secondary N) is 1. The number of rotatable bonds is 6. The largest absolute Gasteiger partial charge is 0.300 e. The number of para-hydroxylation sites is 1. The second-order valence-electron chi connectivity index (χ2n) is 3.17. The molecule has 4 heteroatoms. The second-order valence-corrected chi connectivity index (χ2v) is 3.17. The average Bonchev–Trinajstić information content (AvgIpc) is 2.18. The highest BCUT2D eigenvalue weighted by atomic mass is 16.6. The van der Waals surface area contributed by atoms with Gasteiger partial charge in [-0.1, -0.05) is 18.2 Å². The molecule has 4 nitrogen and oxygen atoms in total. The molecule has 0 aliphatic rings. The summed E-state index contributed by atoms with van der Waals surface area (Å²) < 4.78 is 0. The Hall–Kier alpha value is -1.68. The van der Waals surface area contributed by atoms with Gasteiger partial charge in [0.15, 0.2) is 5.78 Å². The van der Waals surface area contributed by atoms with Crippen LogP contribution in [-0.2, 0) is 14.4 Å². The molecule has 1 aromatic carbocycles. The molecule has 0 heterocycles. The molecular formula is C11H13NO3. The Balaban J connectivity index is 2.22. The minimum atomic E-state index is -0.231. The third kappa shape index (κ3) is 4.93. The predicted octanol–water partition coefficient (Wildman–Crippen LogP) is 1.58. The van der Waals surface area contributed by atoms with Crippen molar-refractivity contribution in [2.45, 2.75) is 13.3 Å². The summed E-state index contributed by atoms with van der Waals surface area (Å²) in [4.78, 5) is 26.6. The van der Waals surface area contributed by atoms with Gasteiger partial charge in [-0.05, 0) is 19.1 Å². The molecule has 1 aromatic rings. The summed E-state index contributed by atoms with van der Waals surface area (Å²) in [5.74, 6) is -0.380. The van der Waals surface area contributed by atoms with E-state index in [9.17, 15) is 9.59 Å². The van der Waals surface area contributed by atoms with Gasteiger partial charge >= 0.3 is 0 Å². The van der Waals surface area contributed by atoms with Gasteiger partial charge in [-0.25, -0.2) is 0 Å². The van der Waals surface area contributed by atoms with Gasteiger partial charge in [0.25, 0.3) is 0 Å². The number of carbonyl (C=O) groups excluding carboxylic acids is 2. The monoisotopic (exact) mass is 207 g/mol. The van der Waals surface area contributed by atoms with Crippen LogP contribution >= 0.6 is 0 Å². The fourth-order valence-electron chi connectivity index (χ4n) is 1.03. The van der Waals surface area contributed by atoms with Gasteiger partial charge < -0.3 is 0 Å². The van der Waals surface area contributed by atoms with Crippen LogP contribution in [0.4, 0.5) is 5.69 Å². The second kappa shape index (κ2) is 5.93. The fourth-order valence-corrected chi connectivity index (χ4v) is 1.03. The average molecular weight is 207 g/mol. The Kier molecular flexibility index (Phi) is 4.50. The molecule has 0 aliphatic heterocycles. The molecule has 0 amide bonds. The number of Topliss-reactive ketones (excluding diaryl/α,β-unsaturated/α-hetero) is 2. The van der Waals surface area contributed by atoms with Gasteiger partial charge in [-0.2, -0.15) is 0 Å². The lowest BCUT2D eigenvalue weighted by Crippen LogP contribution is -2.14. The Bertz CT molecular complexity index is 335. The maximum atomic E-state index is 11.1. The van der Waals surface area contributed by atoms with Crippen LogP contribution in [0.3, 0.4) is 0 Å². The third-order valence-electron chi connectivity index (χ3n) is 1.64. The molecule has 0 bridgehead atoms. The molecular weight excluding hydrogens is 194 g/mol. The normalized spacial score (nSPS) is 9.67. The molecule has 1 rings (SSSR count). The van der Waals surface area contributed by atoms with E-state index in [2.05, 4.69) is 5.48 Å². The smallest absolute Gasteiger partial charge is 0.168 e. The summed E-state index contributed by atoms with van der Waals surface area (Å²) in [6.07, 6.45) is -0.0729. The Morgan fingerprint density at radius 2 is 1.93 bits per heavy atom. The maximum absolute atomic E-state index is 11.1. The zero-order valence-electron chi connectivity index (χ0n) is 8.53. The van der Waals surface area contributed by atoms with E-state index in [1.54, 1.807) is 0 Å². The topological polar surface area (TPSA) is 55.4 Å². The van der Waals surface area contributed by atoms with Crippen molar-refractivity contribution in [2.75, 3.05) is 12.1 Å². The summed E-state index contributed by atoms with van der Waals surface area (Å²) >= 11 is 0. The predicted molar refractivity (Wildman–Crippen MR) is 56.3 cm³/mol. The number of carbonyl (C=O) groups is 2. The molecule has 80 valence electrons. The van der Waals surface area contributed by atoms with Crippen molar-refractivity contribution < 1.29 is 14.4 Å². The number of hydrogen-bond donors (Lipinski definition) is 1. The molecule has 0 saturated heterocycles. The first-order valence-corrected chi connectivity index (χ1v) is 4.62. The zero-order valence-corrected chi connectivity index (χ0v) is 8.53. The molecule has 0 aliphatic carbocycles. The summed E-state index contributed by atoms with van der Waals surface area (Å²) in [7, 11) is 0. The van der Waals surface area contributed by atoms with Crippen LogP contribution in [0.1, 0.15) is 13.3 Å². The van der Waals surface area contributed by atoms with Crippen LogP contribution in [0.2, 0.25) is 0 Å². The maximum Gasteiger partial charge on any atom is 0.168 e. The van der Waals surface area contributed by atoms with E-state index in [0.717, 1.165) is 5.69 Å². The van der Waals surface area contributed by atoms with E-state index in [0.29, 0.717) is 0 Å². The van der Waals surface area contributed by atoms with Gasteiger partial charge in [-0.3, -0.25) is 19.9 Å². The highest BCUT2D eigenvalue weighted by molar-refractivity contribution is 5.98. The van der Waals surface area contributed by atoms with E-state index >= 15 is 0 Å². The van der Waals surface area contributed by atoms with Crippen LogP contribution in [0.5, 0.6) is 0 Å². The van der Waals surface area contributed by atoms with Crippen molar-refractivity contribution in [1.29, 1.82) is 0 Å². The number of ketones is 2. The van der Waals surface area contributed by atoms with E-state index in [-0.39, 0.29) is 24.6 Å². The quantitative estimate of drug-likeness (QED) is 0.568. The van der Waals surface area contributed by atoms with Crippen molar-refractivity contribution in [2.24, 2.45) is 0 Å². The Labute approximate surface area is 88.2 Å². The van der Waals surface area contributed by atoms with Gasteiger partial charge in [-0.15, -0.1) is 0 Å².